The highest BCUT2D eigenvalue weighted by atomic mass is 32.1. The monoisotopic (exact) mass is 400 g/mol. The summed E-state index contributed by atoms with van der Waals surface area (Å²) >= 11 is 1.44. The van der Waals surface area contributed by atoms with Crippen molar-refractivity contribution in [2.24, 2.45) is 0 Å². The highest BCUT2D eigenvalue weighted by molar-refractivity contribution is 7.11. The Morgan fingerprint density at radius 1 is 1.04 bits per heavy atom. The maximum atomic E-state index is 13.1. The SMILES string of the molecule is CCOCCCN1C(=O)C(Nc2ccccc2OCC)=C(c2cccs2)C1=O. The van der Waals surface area contributed by atoms with E-state index in [9.17, 15) is 9.59 Å². The summed E-state index contributed by atoms with van der Waals surface area (Å²) in [6, 6.07) is 11.1. The van der Waals surface area contributed by atoms with Gasteiger partial charge in [-0.05, 0) is 43.8 Å². The van der Waals surface area contributed by atoms with Gasteiger partial charge in [0.2, 0.25) is 0 Å². The first-order valence-corrected chi connectivity index (χ1v) is 10.3. The van der Waals surface area contributed by atoms with Gasteiger partial charge in [-0.1, -0.05) is 18.2 Å². The third-order valence-electron chi connectivity index (χ3n) is 4.26. The van der Waals surface area contributed by atoms with E-state index in [-0.39, 0.29) is 17.5 Å². The molecule has 0 atom stereocenters. The van der Waals surface area contributed by atoms with Crippen molar-refractivity contribution in [3.63, 3.8) is 0 Å². The maximum Gasteiger partial charge on any atom is 0.278 e. The third kappa shape index (κ3) is 4.26. The van der Waals surface area contributed by atoms with E-state index < -0.39 is 0 Å². The predicted molar refractivity (Wildman–Crippen MR) is 110 cm³/mol. The maximum absolute atomic E-state index is 13.1. The molecule has 1 aromatic carbocycles. The topological polar surface area (TPSA) is 67.9 Å². The highest BCUT2D eigenvalue weighted by Gasteiger charge is 2.39. The molecule has 2 amide bonds. The number of benzene rings is 1. The smallest absolute Gasteiger partial charge is 0.278 e. The average molecular weight is 401 g/mol. The summed E-state index contributed by atoms with van der Waals surface area (Å²) in [5, 5.41) is 5.05. The molecule has 2 aromatic rings. The molecule has 0 saturated carbocycles. The van der Waals surface area contributed by atoms with E-state index >= 15 is 0 Å². The summed E-state index contributed by atoms with van der Waals surface area (Å²) in [4.78, 5) is 28.2. The normalized spacial score (nSPS) is 14.1. The number of imide groups is 1. The van der Waals surface area contributed by atoms with Gasteiger partial charge in [0.05, 0.1) is 17.9 Å². The van der Waals surface area contributed by atoms with Gasteiger partial charge in [0.1, 0.15) is 11.4 Å². The van der Waals surface area contributed by atoms with E-state index in [1.165, 1.54) is 16.2 Å². The zero-order valence-corrected chi connectivity index (χ0v) is 16.9. The molecule has 0 bridgehead atoms. The van der Waals surface area contributed by atoms with Crippen LogP contribution in [0.4, 0.5) is 5.69 Å². The number of hydrogen-bond acceptors (Lipinski definition) is 6. The molecule has 0 spiro atoms. The van der Waals surface area contributed by atoms with Crippen molar-refractivity contribution in [3.8, 4) is 5.75 Å². The molecule has 0 unspecified atom stereocenters. The summed E-state index contributed by atoms with van der Waals surface area (Å²) in [6.07, 6.45) is 0.603. The number of rotatable bonds is 10. The minimum atomic E-state index is -0.323. The Hall–Kier alpha value is -2.64. The minimum absolute atomic E-state index is 0.277. The largest absolute Gasteiger partial charge is 0.492 e. The van der Waals surface area contributed by atoms with Crippen LogP contribution in [0.2, 0.25) is 0 Å². The fraction of sp³-hybridized carbons (Fsp3) is 0.333. The van der Waals surface area contributed by atoms with Crippen molar-refractivity contribution >= 4 is 34.4 Å². The van der Waals surface area contributed by atoms with Crippen LogP contribution in [-0.2, 0) is 14.3 Å². The van der Waals surface area contributed by atoms with Gasteiger partial charge >= 0.3 is 0 Å². The third-order valence-corrected chi connectivity index (χ3v) is 5.14. The number of nitrogens with one attached hydrogen (secondary N) is 1. The lowest BCUT2D eigenvalue weighted by molar-refractivity contribution is -0.137. The van der Waals surface area contributed by atoms with E-state index in [1.807, 2.05) is 55.6 Å². The van der Waals surface area contributed by atoms with Gasteiger partial charge in [-0.15, -0.1) is 11.3 Å². The number of nitrogens with zero attached hydrogens (tertiary/aromatic N) is 1. The molecule has 1 aromatic heterocycles. The molecular weight excluding hydrogens is 376 g/mol. The molecule has 0 saturated heterocycles. The second kappa shape index (κ2) is 9.52. The van der Waals surface area contributed by atoms with Crippen molar-refractivity contribution < 1.29 is 19.1 Å². The van der Waals surface area contributed by atoms with Crippen LogP contribution >= 0.6 is 11.3 Å². The van der Waals surface area contributed by atoms with E-state index in [0.717, 1.165) is 4.88 Å². The molecule has 6 nitrogen and oxygen atoms in total. The van der Waals surface area contributed by atoms with Gasteiger partial charge in [-0.2, -0.15) is 0 Å². The Morgan fingerprint density at radius 2 is 1.86 bits per heavy atom. The highest BCUT2D eigenvalue weighted by Crippen LogP contribution is 2.34. The Labute approximate surface area is 168 Å². The quantitative estimate of drug-likeness (QED) is 0.486. The number of hydrogen-bond donors (Lipinski definition) is 1. The molecule has 148 valence electrons. The number of carbonyl (C=O) groups is 2. The lowest BCUT2D eigenvalue weighted by Crippen LogP contribution is -2.34. The second-order valence-electron chi connectivity index (χ2n) is 6.09. The summed E-state index contributed by atoms with van der Waals surface area (Å²) in [7, 11) is 0. The van der Waals surface area contributed by atoms with Crippen LogP contribution in [0.1, 0.15) is 25.1 Å². The first kappa shape index (κ1) is 20.1. The van der Waals surface area contributed by atoms with Crippen molar-refractivity contribution in [2.75, 3.05) is 31.7 Å². The van der Waals surface area contributed by atoms with E-state index in [4.69, 9.17) is 9.47 Å². The molecule has 2 heterocycles. The van der Waals surface area contributed by atoms with Crippen LogP contribution in [0.25, 0.3) is 5.57 Å². The van der Waals surface area contributed by atoms with E-state index in [0.29, 0.717) is 49.8 Å². The summed E-state index contributed by atoms with van der Waals surface area (Å²) in [5.74, 6) is 0.0367. The molecule has 0 aliphatic carbocycles. The second-order valence-corrected chi connectivity index (χ2v) is 7.04. The average Bonchev–Trinajstić information content (AvgIpc) is 3.29. The summed E-state index contributed by atoms with van der Waals surface area (Å²) in [6.45, 7) is 5.77. The van der Waals surface area contributed by atoms with E-state index in [2.05, 4.69) is 5.32 Å². The van der Waals surface area contributed by atoms with E-state index in [1.54, 1.807) is 0 Å². The number of anilines is 1. The standard InChI is InChI=1S/C21H24N2O4S/c1-3-26-13-8-12-23-20(24)18(17-11-7-14-28-17)19(21(23)25)22-15-9-5-6-10-16(15)27-4-2/h5-7,9-11,14,22H,3-4,8,12-13H2,1-2H3. The van der Waals surface area contributed by atoms with Crippen LogP contribution in [0.3, 0.4) is 0 Å². The van der Waals surface area contributed by atoms with Crippen molar-refractivity contribution in [1.82, 2.24) is 4.90 Å². The van der Waals surface area contributed by atoms with Gasteiger partial charge in [0.15, 0.2) is 0 Å². The number of thiophene rings is 1. The van der Waals surface area contributed by atoms with Gasteiger partial charge in [0, 0.05) is 24.6 Å². The van der Waals surface area contributed by atoms with Crippen LogP contribution in [0, 0.1) is 0 Å². The van der Waals surface area contributed by atoms with Crippen LogP contribution in [-0.4, -0.2) is 43.1 Å². The summed E-state index contributed by atoms with van der Waals surface area (Å²) in [5.41, 5.74) is 1.35. The minimum Gasteiger partial charge on any atom is -0.492 e. The molecule has 1 aliphatic rings. The summed E-state index contributed by atoms with van der Waals surface area (Å²) < 4.78 is 11.0. The first-order valence-electron chi connectivity index (χ1n) is 9.38. The van der Waals surface area contributed by atoms with Crippen LogP contribution < -0.4 is 10.1 Å². The Bertz CT molecular complexity index is 861. The lowest BCUT2D eigenvalue weighted by atomic mass is 10.2. The predicted octanol–water partition coefficient (Wildman–Crippen LogP) is 3.77. The first-order chi connectivity index (χ1) is 13.7. The molecule has 7 heteroatoms. The van der Waals surface area contributed by atoms with Crippen molar-refractivity contribution in [2.45, 2.75) is 20.3 Å². The van der Waals surface area contributed by atoms with Gasteiger partial charge in [0.25, 0.3) is 11.8 Å². The Balaban J connectivity index is 1.91. The van der Waals surface area contributed by atoms with Crippen molar-refractivity contribution in [1.29, 1.82) is 0 Å². The number of para-hydroxylation sites is 2. The Kier molecular flexibility index (Phi) is 6.84. The molecule has 0 fully saturated rings. The van der Waals surface area contributed by atoms with Gasteiger partial charge in [-0.3, -0.25) is 14.5 Å². The van der Waals surface area contributed by atoms with Crippen LogP contribution in [0.5, 0.6) is 5.75 Å². The number of amides is 2. The molecule has 0 radical (unpaired) electrons. The Morgan fingerprint density at radius 3 is 2.57 bits per heavy atom. The molecule has 3 rings (SSSR count). The fourth-order valence-corrected chi connectivity index (χ4v) is 3.77. The molecule has 1 N–H and O–H groups in total. The van der Waals surface area contributed by atoms with Crippen LogP contribution in [0.15, 0.2) is 47.5 Å². The number of carbonyl (C=O) groups excluding carboxylic acids is 2. The zero-order valence-electron chi connectivity index (χ0n) is 16.1. The molecule has 1 aliphatic heterocycles. The fourth-order valence-electron chi connectivity index (χ4n) is 3.00. The van der Waals surface area contributed by atoms with Crippen molar-refractivity contribution in [3.05, 3.63) is 52.4 Å². The van der Waals surface area contributed by atoms with Gasteiger partial charge < -0.3 is 14.8 Å². The molecular formula is C21H24N2O4S. The zero-order chi connectivity index (χ0) is 19.9. The lowest BCUT2D eigenvalue weighted by Gasteiger charge is -2.16. The van der Waals surface area contributed by atoms with Gasteiger partial charge in [-0.25, -0.2) is 0 Å². The molecule has 28 heavy (non-hydrogen) atoms. The number of ether oxygens (including phenoxy) is 2.